The second-order valence-electron chi connectivity index (χ2n) is 4.93. The Balaban J connectivity index is 2.29. The highest BCUT2D eigenvalue weighted by Gasteiger charge is 2.23. The first-order valence-electron chi connectivity index (χ1n) is 6.73. The van der Waals surface area contributed by atoms with Crippen LogP contribution in [0.1, 0.15) is 11.1 Å². The number of ether oxygens (including phenoxy) is 1. The van der Waals surface area contributed by atoms with Gasteiger partial charge in [0.25, 0.3) is 10.0 Å². The Morgan fingerprint density at radius 2 is 2.00 bits per heavy atom. The van der Waals surface area contributed by atoms with Gasteiger partial charge < -0.3 is 10.1 Å². The van der Waals surface area contributed by atoms with Gasteiger partial charge in [-0.15, -0.1) is 4.83 Å². The Labute approximate surface area is 124 Å². The SMILES string of the molecule is CNCc1cc(F)c(C)c(S(=O)(=O)NN2CCOCC2)c1. The van der Waals surface area contributed by atoms with E-state index in [4.69, 9.17) is 4.74 Å². The Morgan fingerprint density at radius 3 is 2.62 bits per heavy atom. The lowest BCUT2D eigenvalue weighted by Crippen LogP contribution is -2.48. The summed E-state index contributed by atoms with van der Waals surface area (Å²) >= 11 is 0. The lowest BCUT2D eigenvalue weighted by Gasteiger charge is -2.27. The average Bonchev–Trinajstić information content (AvgIpc) is 2.43. The summed E-state index contributed by atoms with van der Waals surface area (Å²) in [5.74, 6) is -0.523. The van der Waals surface area contributed by atoms with Crippen LogP contribution in [-0.4, -0.2) is 46.8 Å². The molecule has 2 N–H and O–H groups in total. The molecular formula is C13H20FN3O3S. The Bertz CT molecular complexity index is 601. The third-order valence-corrected chi connectivity index (χ3v) is 4.79. The predicted octanol–water partition coefficient (Wildman–Crippen LogP) is 0.379. The number of rotatable bonds is 5. The maximum Gasteiger partial charge on any atom is 0.253 e. The molecule has 0 radical (unpaired) electrons. The number of hydrogen-bond acceptors (Lipinski definition) is 5. The van der Waals surface area contributed by atoms with Crippen LogP contribution in [0.3, 0.4) is 0 Å². The number of sulfonamides is 1. The van der Waals surface area contributed by atoms with Crippen molar-refractivity contribution < 1.29 is 17.5 Å². The number of nitrogens with zero attached hydrogens (tertiary/aromatic N) is 1. The topological polar surface area (TPSA) is 70.7 Å². The normalized spacial score (nSPS) is 17.1. The number of nitrogens with one attached hydrogen (secondary N) is 2. The van der Waals surface area contributed by atoms with Gasteiger partial charge in [-0.05, 0) is 31.7 Å². The molecule has 1 aliphatic rings. The summed E-state index contributed by atoms with van der Waals surface area (Å²) in [5, 5.41) is 4.45. The summed E-state index contributed by atoms with van der Waals surface area (Å²) in [7, 11) is -2.08. The van der Waals surface area contributed by atoms with Crippen molar-refractivity contribution in [1.29, 1.82) is 0 Å². The average molecular weight is 317 g/mol. The molecule has 1 saturated heterocycles. The molecule has 2 rings (SSSR count). The molecule has 118 valence electrons. The number of hydrazine groups is 1. The number of morpholine rings is 1. The highest BCUT2D eigenvalue weighted by molar-refractivity contribution is 7.89. The van der Waals surface area contributed by atoms with Gasteiger partial charge in [0.1, 0.15) is 5.82 Å². The molecule has 0 spiro atoms. The number of halogens is 1. The predicted molar refractivity (Wildman–Crippen MR) is 76.6 cm³/mol. The van der Waals surface area contributed by atoms with E-state index >= 15 is 0 Å². The first-order valence-corrected chi connectivity index (χ1v) is 8.21. The first kappa shape index (κ1) is 16.3. The Morgan fingerprint density at radius 1 is 1.33 bits per heavy atom. The van der Waals surface area contributed by atoms with Gasteiger partial charge in [0.2, 0.25) is 0 Å². The molecule has 8 heteroatoms. The summed E-state index contributed by atoms with van der Waals surface area (Å²) in [4.78, 5) is 2.46. The minimum Gasteiger partial charge on any atom is -0.379 e. The summed E-state index contributed by atoms with van der Waals surface area (Å²) in [6.45, 7) is 3.74. The molecule has 1 fully saturated rings. The fourth-order valence-electron chi connectivity index (χ4n) is 2.17. The standard InChI is InChI=1S/C13H20FN3O3S/c1-10-12(14)7-11(9-15-2)8-13(10)21(18,19)16-17-3-5-20-6-4-17/h7-8,15-16H,3-6,9H2,1-2H3. The van der Waals surface area contributed by atoms with Gasteiger partial charge in [-0.1, -0.05) is 0 Å². The largest absolute Gasteiger partial charge is 0.379 e. The van der Waals surface area contributed by atoms with Gasteiger partial charge in [-0.3, -0.25) is 0 Å². The van der Waals surface area contributed by atoms with Gasteiger partial charge in [0.15, 0.2) is 0 Å². The minimum atomic E-state index is -3.80. The third-order valence-electron chi connectivity index (χ3n) is 3.29. The molecule has 0 unspecified atom stereocenters. The van der Waals surface area contributed by atoms with E-state index < -0.39 is 15.8 Å². The first-order chi connectivity index (χ1) is 9.94. The zero-order chi connectivity index (χ0) is 15.5. The van der Waals surface area contributed by atoms with Gasteiger partial charge in [0, 0.05) is 25.2 Å². The van der Waals surface area contributed by atoms with E-state index in [-0.39, 0.29) is 10.5 Å². The summed E-state index contributed by atoms with van der Waals surface area (Å²) in [5.41, 5.74) is 0.707. The maximum atomic E-state index is 13.9. The Hall–Kier alpha value is -1.06. The van der Waals surface area contributed by atoms with Gasteiger partial charge in [0.05, 0.1) is 18.1 Å². The van der Waals surface area contributed by atoms with Crippen LogP contribution in [-0.2, 0) is 21.3 Å². The van der Waals surface area contributed by atoms with Crippen LogP contribution in [0.4, 0.5) is 4.39 Å². The van der Waals surface area contributed by atoms with Crippen molar-refractivity contribution in [3.63, 3.8) is 0 Å². The van der Waals surface area contributed by atoms with Crippen LogP contribution in [0, 0.1) is 12.7 Å². The van der Waals surface area contributed by atoms with Crippen molar-refractivity contribution in [3.05, 3.63) is 29.1 Å². The monoisotopic (exact) mass is 317 g/mol. The van der Waals surface area contributed by atoms with Crippen LogP contribution >= 0.6 is 0 Å². The van der Waals surface area contributed by atoms with Crippen molar-refractivity contribution in [2.24, 2.45) is 0 Å². The quantitative estimate of drug-likeness (QED) is 0.821. The van der Waals surface area contributed by atoms with Gasteiger partial charge in [-0.25, -0.2) is 17.8 Å². The Kier molecular flexibility index (Phi) is 5.28. The van der Waals surface area contributed by atoms with E-state index in [1.165, 1.54) is 19.1 Å². The van der Waals surface area contributed by atoms with Crippen LogP contribution in [0.25, 0.3) is 0 Å². The van der Waals surface area contributed by atoms with Crippen molar-refractivity contribution in [2.45, 2.75) is 18.4 Å². The smallest absolute Gasteiger partial charge is 0.253 e. The van der Waals surface area contributed by atoms with E-state index in [1.807, 2.05) is 0 Å². The van der Waals surface area contributed by atoms with E-state index in [0.29, 0.717) is 38.4 Å². The number of hydrogen-bond donors (Lipinski definition) is 2. The summed E-state index contributed by atoms with van der Waals surface area (Å²) in [6.07, 6.45) is 0. The van der Waals surface area contributed by atoms with Crippen molar-refractivity contribution in [1.82, 2.24) is 15.2 Å². The van der Waals surface area contributed by atoms with Crippen molar-refractivity contribution >= 4 is 10.0 Å². The summed E-state index contributed by atoms with van der Waals surface area (Å²) in [6, 6.07) is 2.84. The molecule has 0 aromatic heterocycles. The van der Waals surface area contributed by atoms with Crippen LogP contribution in [0.5, 0.6) is 0 Å². The van der Waals surface area contributed by atoms with E-state index in [2.05, 4.69) is 10.1 Å². The number of benzene rings is 1. The molecule has 0 amide bonds. The molecule has 1 aromatic rings. The van der Waals surface area contributed by atoms with Gasteiger partial charge >= 0.3 is 0 Å². The molecule has 6 nitrogen and oxygen atoms in total. The molecular weight excluding hydrogens is 297 g/mol. The fraction of sp³-hybridized carbons (Fsp3) is 0.538. The lowest BCUT2D eigenvalue weighted by molar-refractivity contribution is 0.0272. The van der Waals surface area contributed by atoms with Gasteiger partial charge in [-0.2, -0.15) is 0 Å². The second kappa shape index (κ2) is 6.80. The summed E-state index contributed by atoms with van der Waals surface area (Å²) < 4.78 is 44.0. The van der Waals surface area contributed by atoms with Crippen LogP contribution < -0.4 is 10.1 Å². The minimum absolute atomic E-state index is 0.0285. The fourth-order valence-corrected chi connectivity index (χ4v) is 3.59. The molecule has 0 bridgehead atoms. The zero-order valence-electron chi connectivity index (χ0n) is 12.1. The molecule has 1 aromatic carbocycles. The van der Waals surface area contributed by atoms with Crippen LogP contribution in [0.2, 0.25) is 0 Å². The molecule has 1 heterocycles. The third kappa shape index (κ3) is 3.98. The highest BCUT2D eigenvalue weighted by atomic mass is 32.2. The molecule has 1 aliphatic heterocycles. The zero-order valence-corrected chi connectivity index (χ0v) is 13.0. The second-order valence-corrected chi connectivity index (χ2v) is 6.55. The molecule has 0 saturated carbocycles. The van der Waals surface area contributed by atoms with Crippen molar-refractivity contribution in [3.8, 4) is 0 Å². The maximum absolute atomic E-state index is 13.9. The molecule has 21 heavy (non-hydrogen) atoms. The van der Waals surface area contributed by atoms with Crippen molar-refractivity contribution in [2.75, 3.05) is 33.4 Å². The van der Waals surface area contributed by atoms with Crippen LogP contribution in [0.15, 0.2) is 17.0 Å². The molecule has 0 atom stereocenters. The lowest BCUT2D eigenvalue weighted by atomic mass is 10.1. The van der Waals surface area contributed by atoms with E-state index in [1.54, 1.807) is 12.1 Å². The van der Waals surface area contributed by atoms with E-state index in [9.17, 15) is 12.8 Å². The van der Waals surface area contributed by atoms with E-state index in [0.717, 1.165) is 0 Å². The molecule has 0 aliphatic carbocycles. The highest BCUT2D eigenvalue weighted by Crippen LogP contribution is 2.21.